The molecule has 6 N–H and O–H groups in total. The molecule has 12 nitrogen and oxygen atoms in total. The second-order valence-electron chi connectivity index (χ2n) is 18.8. The molecule has 20 unspecified atom stereocenters. The Morgan fingerprint density at radius 2 is 1.51 bits per heavy atom. The second kappa shape index (κ2) is 17.2. The Morgan fingerprint density at radius 3 is 2.19 bits per heavy atom. The van der Waals surface area contributed by atoms with Gasteiger partial charge in [-0.3, -0.25) is 0 Å². The molecule has 4 aliphatic carbocycles. The van der Waals surface area contributed by atoms with Crippen LogP contribution in [-0.4, -0.2) is 132 Å². The average Bonchev–Trinajstić information content (AvgIpc) is 3.57. The van der Waals surface area contributed by atoms with Crippen molar-refractivity contribution < 1.29 is 59.1 Å². The van der Waals surface area contributed by atoms with Crippen LogP contribution in [0.2, 0.25) is 0 Å². The van der Waals surface area contributed by atoms with Crippen LogP contribution < -0.4 is 0 Å². The normalized spacial score (nSPS) is 49.7. The van der Waals surface area contributed by atoms with Gasteiger partial charge in [0.1, 0.15) is 36.6 Å². The summed E-state index contributed by atoms with van der Waals surface area (Å²) in [6.07, 6.45) is 0.730. The molecular weight excluding hydrogens is 684 g/mol. The van der Waals surface area contributed by atoms with Crippen LogP contribution in [0.1, 0.15) is 98.8 Å². The van der Waals surface area contributed by atoms with Crippen molar-refractivity contribution in [2.45, 2.75) is 166 Å². The van der Waals surface area contributed by atoms with Gasteiger partial charge in [-0.15, -0.1) is 0 Å². The first-order chi connectivity index (χ1) is 25.2. The fourth-order valence-corrected chi connectivity index (χ4v) is 12.7. The van der Waals surface area contributed by atoms with Crippen LogP contribution in [0.25, 0.3) is 0 Å². The number of methoxy groups -OCH3 is 2. The number of hydrogen-bond acceptors (Lipinski definition) is 12. The van der Waals surface area contributed by atoms with E-state index in [2.05, 4.69) is 34.6 Å². The highest BCUT2D eigenvalue weighted by Crippen LogP contribution is 2.68. The molecule has 6 aliphatic rings. The molecule has 0 aromatic rings. The SMILES string of the molecule is COC1COC(OC2C(OCCC(CCC(C)C3CC(O)C4C5CC(O)C6CC(O)CCC6(C)C5CCC34C)C(C)C)OC(CO)C2O)C(OC)C1O. The lowest BCUT2D eigenvalue weighted by molar-refractivity contribution is -0.309. The lowest BCUT2D eigenvalue weighted by Crippen LogP contribution is -2.59. The van der Waals surface area contributed by atoms with Crippen LogP contribution in [0, 0.1) is 58.2 Å². The Bertz CT molecular complexity index is 1180. The van der Waals surface area contributed by atoms with Gasteiger partial charge in [0, 0.05) is 14.2 Å². The van der Waals surface area contributed by atoms with Crippen molar-refractivity contribution in [3.05, 3.63) is 0 Å². The minimum atomic E-state index is -1.16. The van der Waals surface area contributed by atoms with Crippen LogP contribution in [0.3, 0.4) is 0 Å². The first kappa shape index (κ1) is 42.1. The van der Waals surface area contributed by atoms with E-state index in [1.54, 1.807) is 0 Å². The standard InChI is InChI=1S/C41H72O12/c1-21(2)23(12-15-50-39-37(34(46)31(19-42)52-39)53-38-36(49-7)35(47)32(48-6)20-51-38)9-8-22(3)27-18-30(45)33-25-17-29(44)28-16-24(43)10-13-40(28,4)26(25)11-14-41(27,33)5/h21-39,42-47H,8-20H2,1-7H3. The number of fused-ring (bicyclic) bond motifs is 5. The predicted octanol–water partition coefficient (Wildman–Crippen LogP) is 3.25. The minimum Gasteiger partial charge on any atom is -0.394 e. The van der Waals surface area contributed by atoms with Crippen LogP contribution in [-0.2, 0) is 28.4 Å². The Labute approximate surface area is 317 Å². The molecular formula is C41H72O12. The van der Waals surface area contributed by atoms with Crippen molar-refractivity contribution >= 4 is 0 Å². The Morgan fingerprint density at radius 1 is 0.774 bits per heavy atom. The van der Waals surface area contributed by atoms with Gasteiger partial charge in [-0.2, -0.15) is 0 Å². The predicted molar refractivity (Wildman–Crippen MR) is 195 cm³/mol. The number of ether oxygens (including phenoxy) is 6. The summed E-state index contributed by atoms with van der Waals surface area (Å²) in [4.78, 5) is 0. The number of hydrogen-bond donors (Lipinski definition) is 6. The van der Waals surface area contributed by atoms with Crippen molar-refractivity contribution in [3.63, 3.8) is 0 Å². The van der Waals surface area contributed by atoms with Crippen molar-refractivity contribution in [1.82, 2.24) is 0 Å². The molecule has 0 aromatic carbocycles. The Kier molecular flexibility index (Phi) is 13.6. The maximum Gasteiger partial charge on any atom is 0.187 e. The van der Waals surface area contributed by atoms with Gasteiger partial charge >= 0.3 is 0 Å². The highest BCUT2D eigenvalue weighted by Gasteiger charge is 2.64. The summed E-state index contributed by atoms with van der Waals surface area (Å²) in [5.41, 5.74) is 0.0642. The monoisotopic (exact) mass is 757 g/mol. The van der Waals surface area contributed by atoms with Crippen molar-refractivity contribution in [3.8, 4) is 0 Å². The highest BCUT2D eigenvalue weighted by atomic mass is 16.8. The first-order valence-corrected chi connectivity index (χ1v) is 20.8. The molecule has 0 amide bonds. The number of aliphatic hydroxyl groups is 6. The summed E-state index contributed by atoms with van der Waals surface area (Å²) in [6.45, 7) is 11.7. The van der Waals surface area contributed by atoms with E-state index < -0.39 is 61.9 Å². The van der Waals surface area contributed by atoms with Gasteiger partial charge in [0.25, 0.3) is 0 Å². The largest absolute Gasteiger partial charge is 0.394 e. The number of rotatable bonds is 14. The summed E-state index contributed by atoms with van der Waals surface area (Å²) >= 11 is 0. The van der Waals surface area contributed by atoms with Crippen LogP contribution >= 0.6 is 0 Å². The summed E-state index contributed by atoms with van der Waals surface area (Å²) in [5, 5.41) is 65.2. The summed E-state index contributed by atoms with van der Waals surface area (Å²) in [6, 6.07) is 0. The zero-order valence-corrected chi connectivity index (χ0v) is 33.3. The fourth-order valence-electron chi connectivity index (χ4n) is 12.7. The molecule has 2 heterocycles. The van der Waals surface area contributed by atoms with E-state index in [0.29, 0.717) is 48.5 Å². The first-order valence-electron chi connectivity index (χ1n) is 20.8. The molecule has 20 atom stereocenters. The molecule has 12 heteroatoms. The van der Waals surface area contributed by atoms with Crippen molar-refractivity contribution in [2.24, 2.45) is 58.2 Å². The summed E-state index contributed by atoms with van der Waals surface area (Å²) < 4.78 is 34.8. The van der Waals surface area contributed by atoms with E-state index >= 15 is 0 Å². The lowest BCUT2D eigenvalue weighted by atomic mass is 9.43. The van der Waals surface area contributed by atoms with E-state index in [-0.39, 0.29) is 41.5 Å². The van der Waals surface area contributed by atoms with E-state index in [0.717, 1.165) is 57.8 Å². The van der Waals surface area contributed by atoms with Crippen LogP contribution in [0.15, 0.2) is 0 Å². The quantitative estimate of drug-likeness (QED) is 0.153. The van der Waals surface area contributed by atoms with Gasteiger partial charge in [0.2, 0.25) is 0 Å². The summed E-state index contributed by atoms with van der Waals surface area (Å²) in [5.74, 6) is 2.82. The van der Waals surface area contributed by atoms with Gasteiger partial charge in [-0.1, -0.05) is 41.0 Å². The third kappa shape index (κ3) is 8.02. The third-order valence-electron chi connectivity index (χ3n) is 15.8. The van der Waals surface area contributed by atoms with Crippen molar-refractivity contribution in [2.75, 3.05) is 34.0 Å². The summed E-state index contributed by atoms with van der Waals surface area (Å²) in [7, 11) is 2.94. The van der Waals surface area contributed by atoms with E-state index in [9.17, 15) is 30.6 Å². The van der Waals surface area contributed by atoms with Gasteiger partial charge in [-0.25, -0.2) is 0 Å². The molecule has 0 radical (unpaired) electrons. The van der Waals surface area contributed by atoms with Gasteiger partial charge in [0.15, 0.2) is 12.6 Å². The lowest BCUT2D eigenvalue weighted by Gasteiger charge is -2.62. The molecule has 53 heavy (non-hydrogen) atoms. The minimum absolute atomic E-state index is 0.0256. The maximum atomic E-state index is 11.8. The van der Waals surface area contributed by atoms with Crippen LogP contribution in [0.4, 0.5) is 0 Å². The van der Waals surface area contributed by atoms with E-state index in [1.165, 1.54) is 14.2 Å². The van der Waals surface area contributed by atoms with Gasteiger partial charge in [-0.05, 0) is 116 Å². The zero-order chi connectivity index (χ0) is 38.4. The topological polar surface area (TPSA) is 177 Å². The van der Waals surface area contributed by atoms with Crippen molar-refractivity contribution in [1.29, 1.82) is 0 Å². The smallest absolute Gasteiger partial charge is 0.187 e. The Balaban J connectivity index is 1.04. The molecule has 6 fully saturated rings. The number of aliphatic hydroxyl groups excluding tert-OH is 6. The molecule has 6 rings (SSSR count). The molecule has 2 aliphatic heterocycles. The molecule has 0 spiro atoms. The Hall–Kier alpha value is -0.480. The zero-order valence-electron chi connectivity index (χ0n) is 33.3. The van der Waals surface area contributed by atoms with Gasteiger partial charge < -0.3 is 59.1 Å². The highest BCUT2D eigenvalue weighted by molar-refractivity contribution is 5.13. The molecule has 308 valence electrons. The second-order valence-corrected chi connectivity index (χ2v) is 18.8. The van der Waals surface area contributed by atoms with E-state index in [4.69, 9.17) is 28.4 Å². The maximum absolute atomic E-state index is 11.8. The third-order valence-corrected chi connectivity index (χ3v) is 15.8. The fraction of sp³-hybridized carbons (Fsp3) is 1.00. The van der Waals surface area contributed by atoms with E-state index in [1.807, 2.05) is 0 Å². The molecule has 0 bridgehead atoms. The molecule has 2 saturated heterocycles. The van der Waals surface area contributed by atoms with Gasteiger partial charge in [0.05, 0.1) is 38.1 Å². The average molecular weight is 757 g/mol. The molecule has 0 aromatic heterocycles. The molecule has 4 saturated carbocycles. The van der Waals surface area contributed by atoms with Crippen LogP contribution in [0.5, 0.6) is 0 Å².